The van der Waals surface area contributed by atoms with E-state index >= 15 is 0 Å². The first-order chi connectivity index (χ1) is 11.2. The Morgan fingerprint density at radius 3 is 3.04 bits per heavy atom. The van der Waals surface area contributed by atoms with Crippen molar-refractivity contribution in [2.75, 3.05) is 0 Å². The molecule has 3 aromatic rings. The highest BCUT2D eigenvalue weighted by molar-refractivity contribution is 7.85. The lowest BCUT2D eigenvalue weighted by Crippen LogP contribution is -2.31. The van der Waals surface area contributed by atoms with Gasteiger partial charge in [-0.05, 0) is 18.9 Å². The average Bonchev–Trinajstić information content (AvgIpc) is 3.23. The Labute approximate surface area is 132 Å². The maximum Gasteiger partial charge on any atom is 0.263 e. The Morgan fingerprint density at radius 2 is 2.22 bits per heavy atom. The quantitative estimate of drug-likeness (QED) is 0.615. The third-order valence-corrected chi connectivity index (χ3v) is 6.21. The van der Waals surface area contributed by atoms with E-state index < -0.39 is 10.8 Å². The molecule has 0 radical (unpaired) electrons. The van der Waals surface area contributed by atoms with Crippen molar-refractivity contribution in [1.82, 2.24) is 24.7 Å². The summed E-state index contributed by atoms with van der Waals surface area (Å²) in [5.74, 6) is 0.240. The van der Waals surface area contributed by atoms with E-state index in [-0.39, 0.29) is 22.7 Å². The van der Waals surface area contributed by atoms with Crippen molar-refractivity contribution in [1.29, 1.82) is 0 Å². The van der Waals surface area contributed by atoms with Crippen LogP contribution < -0.4 is 5.56 Å². The topological polar surface area (TPSA) is 104 Å². The predicted molar refractivity (Wildman–Crippen MR) is 80.2 cm³/mol. The van der Waals surface area contributed by atoms with E-state index in [1.165, 1.54) is 6.39 Å². The highest BCUT2D eigenvalue weighted by atomic mass is 32.2. The summed E-state index contributed by atoms with van der Waals surface area (Å²) in [7, 11) is -1.29. The minimum absolute atomic E-state index is 0.128. The lowest BCUT2D eigenvalue weighted by Gasteiger charge is -2.19. The van der Waals surface area contributed by atoms with Crippen LogP contribution in [0.25, 0.3) is 22.4 Å². The second kappa shape index (κ2) is 4.54. The SMILES string of the molecule is O=c1c(-c2ncon2)cc2cnc3nc2n1C1CCCC1S3=O. The van der Waals surface area contributed by atoms with Gasteiger partial charge in [0, 0.05) is 11.6 Å². The van der Waals surface area contributed by atoms with E-state index in [2.05, 4.69) is 20.1 Å². The Morgan fingerprint density at radius 1 is 1.30 bits per heavy atom. The smallest absolute Gasteiger partial charge is 0.263 e. The summed E-state index contributed by atoms with van der Waals surface area (Å²) in [4.78, 5) is 25.6. The third kappa shape index (κ3) is 1.70. The first-order valence-corrected chi connectivity index (χ1v) is 8.55. The molecule has 8 nitrogen and oxygen atoms in total. The fourth-order valence-electron chi connectivity index (χ4n) is 3.55. The molecule has 1 aliphatic heterocycles. The van der Waals surface area contributed by atoms with Crippen molar-refractivity contribution in [3.63, 3.8) is 0 Å². The average molecular weight is 329 g/mol. The number of rotatable bonds is 1. The second-order valence-corrected chi connectivity index (χ2v) is 7.32. The molecule has 0 spiro atoms. The zero-order valence-corrected chi connectivity index (χ0v) is 12.7. The second-order valence-electron chi connectivity index (χ2n) is 5.75. The number of aromatic nitrogens is 5. The normalized spacial score (nSPS) is 25.7. The van der Waals surface area contributed by atoms with Crippen LogP contribution in [0.15, 0.2) is 33.1 Å². The maximum absolute atomic E-state index is 13.0. The molecule has 4 heterocycles. The molecule has 0 saturated heterocycles. The number of nitrogens with zero attached hydrogens (tertiary/aromatic N) is 5. The third-order valence-electron chi connectivity index (χ3n) is 4.56. The number of hydrogen-bond donors (Lipinski definition) is 0. The van der Waals surface area contributed by atoms with Crippen LogP contribution in [-0.2, 0) is 10.8 Å². The summed E-state index contributed by atoms with van der Waals surface area (Å²) in [6, 6.07) is 1.54. The van der Waals surface area contributed by atoms with E-state index in [0.717, 1.165) is 19.3 Å². The summed E-state index contributed by atoms with van der Waals surface area (Å²) in [5.41, 5.74) is 0.662. The molecule has 0 aromatic carbocycles. The molecule has 3 aromatic heterocycles. The molecular formula is C14H11N5O3S. The molecule has 5 rings (SSSR count). The van der Waals surface area contributed by atoms with Crippen molar-refractivity contribution >= 4 is 21.8 Å². The van der Waals surface area contributed by atoms with Gasteiger partial charge in [-0.3, -0.25) is 13.6 Å². The van der Waals surface area contributed by atoms with Gasteiger partial charge in [0.2, 0.25) is 17.4 Å². The van der Waals surface area contributed by atoms with Gasteiger partial charge < -0.3 is 4.52 Å². The monoisotopic (exact) mass is 329 g/mol. The van der Waals surface area contributed by atoms with Gasteiger partial charge in [-0.1, -0.05) is 11.6 Å². The van der Waals surface area contributed by atoms with Crippen LogP contribution in [-0.4, -0.2) is 34.1 Å². The maximum atomic E-state index is 13.0. The first kappa shape index (κ1) is 13.1. The Kier molecular flexibility index (Phi) is 2.58. The Hall–Kier alpha value is -2.42. The summed E-state index contributed by atoms with van der Waals surface area (Å²) in [5, 5.41) is 4.66. The van der Waals surface area contributed by atoms with Crippen LogP contribution in [0.3, 0.4) is 0 Å². The van der Waals surface area contributed by atoms with Crippen LogP contribution in [0, 0.1) is 0 Å². The Bertz CT molecular complexity index is 1010. The standard InChI is InChI=1S/C14H11N5O3S/c20-13-8(11-16-6-22-18-11)4-7-5-15-14-17-12(7)19(13)9-2-1-3-10(9)23(14)21/h4-6,9-10H,1-3H2. The van der Waals surface area contributed by atoms with E-state index in [1.807, 2.05) is 0 Å². The molecule has 1 aliphatic carbocycles. The molecular weight excluding hydrogens is 318 g/mol. The van der Waals surface area contributed by atoms with E-state index in [1.54, 1.807) is 16.8 Å². The van der Waals surface area contributed by atoms with E-state index in [9.17, 15) is 9.00 Å². The van der Waals surface area contributed by atoms with Crippen molar-refractivity contribution in [2.45, 2.75) is 35.7 Å². The van der Waals surface area contributed by atoms with E-state index in [4.69, 9.17) is 4.52 Å². The van der Waals surface area contributed by atoms with Gasteiger partial charge in [0.1, 0.15) is 5.65 Å². The van der Waals surface area contributed by atoms with Gasteiger partial charge in [0.15, 0.2) is 0 Å². The molecule has 23 heavy (non-hydrogen) atoms. The van der Waals surface area contributed by atoms with Gasteiger partial charge in [0.25, 0.3) is 5.56 Å². The van der Waals surface area contributed by atoms with Gasteiger partial charge in [0.05, 0.1) is 27.7 Å². The molecule has 0 amide bonds. The fourth-order valence-corrected chi connectivity index (χ4v) is 5.07. The van der Waals surface area contributed by atoms with Crippen molar-refractivity contribution in [3.05, 3.63) is 29.0 Å². The minimum atomic E-state index is -1.29. The molecule has 9 heteroatoms. The molecule has 116 valence electrons. The predicted octanol–water partition coefficient (Wildman–Crippen LogP) is 1.06. The molecule has 3 unspecified atom stereocenters. The van der Waals surface area contributed by atoms with E-state index in [0.29, 0.717) is 21.8 Å². The molecule has 0 N–H and O–H groups in total. The van der Waals surface area contributed by atoms with Crippen molar-refractivity contribution in [3.8, 4) is 11.4 Å². The highest BCUT2D eigenvalue weighted by Gasteiger charge is 2.39. The number of pyridine rings is 1. The summed E-state index contributed by atoms with van der Waals surface area (Å²) >= 11 is 0. The lowest BCUT2D eigenvalue weighted by atomic mass is 10.1. The largest absolute Gasteiger partial charge is 0.342 e. The molecule has 1 fully saturated rings. The first-order valence-electron chi connectivity index (χ1n) is 7.33. The van der Waals surface area contributed by atoms with Gasteiger partial charge >= 0.3 is 0 Å². The van der Waals surface area contributed by atoms with Gasteiger partial charge in [-0.2, -0.15) is 4.98 Å². The number of hydrogen-bond acceptors (Lipinski definition) is 7. The Balaban J connectivity index is 1.91. The lowest BCUT2D eigenvalue weighted by molar-refractivity contribution is 0.418. The molecule has 2 bridgehead atoms. The summed E-state index contributed by atoms with van der Waals surface area (Å²) in [6.07, 6.45) is 5.34. The minimum Gasteiger partial charge on any atom is -0.342 e. The van der Waals surface area contributed by atoms with Crippen LogP contribution >= 0.6 is 0 Å². The zero-order chi connectivity index (χ0) is 15.6. The van der Waals surface area contributed by atoms with Crippen molar-refractivity contribution < 1.29 is 8.73 Å². The summed E-state index contributed by atoms with van der Waals surface area (Å²) in [6.45, 7) is 0. The van der Waals surface area contributed by atoms with Gasteiger partial charge in [-0.15, -0.1) is 0 Å². The van der Waals surface area contributed by atoms with Crippen LogP contribution in [0.5, 0.6) is 0 Å². The number of fused-ring (bicyclic) bond motifs is 3. The van der Waals surface area contributed by atoms with Crippen LogP contribution in [0.2, 0.25) is 0 Å². The molecule has 2 aliphatic rings. The van der Waals surface area contributed by atoms with Crippen LogP contribution in [0.1, 0.15) is 25.3 Å². The van der Waals surface area contributed by atoms with Crippen LogP contribution in [0.4, 0.5) is 0 Å². The highest BCUT2D eigenvalue weighted by Crippen LogP contribution is 2.38. The van der Waals surface area contributed by atoms with Gasteiger partial charge in [-0.25, -0.2) is 9.97 Å². The zero-order valence-electron chi connectivity index (χ0n) is 11.9. The van der Waals surface area contributed by atoms with Crippen molar-refractivity contribution in [2.24, 2.45) is 0 Å². The fraction of sp³-hybridized carbons (Fsp3) is 0.357. The summed E-state index contributed by atoms with van der Waals surface area (Å²) < 4.78 is 19.1. The molecule has 3 atom stereocenters. The molecule has 1 saturated carbocycles.